The number of hydrogen-bond donors (Lipinski definition) is 2. The highest BCUT2D eigenvalue weighted by Gasteiger charge is 2.10. The number of aromatic nitrogens is 2. The van der Waals surface area contributed by atoms with Gasteiger partial charge in [0.05, 0.1) is 4.92 Å². The summed E-state index contributed by atoms with van der Waals surface area (Å²) in [7, 11) is 1.81. The second kappa shape index (κ2) is 6.05. The fourth-order valence-corrected chi connectivity index (χ4v) is 1.79. The summed E-state index contributed by atoms with van der Waals surface area (Å²) in [4.78, 5) is 10.6. The van der Waals surface area contributed by atoms with Crippen LogP contribution in [-0.2, 0) is 7.05 Å². The average Bonchev–Trinajstić information content (AvgIpc) is 2.81. The van der Waals surface area contributed by atoms with E-state index in [0.29, 0.717) is 11.5 Å². The minimum atomic E-state index is -0.402. The van der Waals surface area contributed by atoms with Crippen molar-refractivity contribution >= 4 is 22.9 Å². The minimum absolute atomic E-state index is 0.0459. The number of benzene rings is 1. The fourth-order valence-electron chi connectivity index (χ4n) is 1.79. The zero-order chi connectivity index (χ0) is 14.5. The van der Waals surface area contributed by atoms with Gasteiger partial charge in [-0.15, -0.1) is 0 Å². The van der Waals surface area contributed by atoms with E-state index >= 15 is 0 Å². The van der Waals surface area contributed by atoms with Crippen molar-refractivity contribution in [2.24, 2.45) is 7.05 Å². The quantitative estimate of drug-likeness (QED) is 0.625. The van der Waals surface area contributed by atoms with Gasteiger partial charge in [-0.1, -0.05) is 6.92 Å². The molecule has 1 aromatic heterocycles. The Morgan fingerprint density at radius 1 is 1.35 bits per heavy atom. The van der Waals surface area contributed by atoms with Crippen LogP contribution in [0.5, 0.6) is 0 Å². The lowest BCUT2D eigenvalue weighted by Gasteiger charge is -2.08. The van der Waals surface area contributed by atoms with Crippen molar-refractivity contribution in [3.63, 3.8) is 0 Å². The van der Waals surface area contributed by atoms with Crippen LogP contribution in [-0.4, -0.2) is 21.2 Å². The maximum Gasteiger partial charge on any atom is 0.273 e. The van der Waals surface area contributed by atoms with Crippen LogP contribution in [0.3, 0.4) is 0 Å². The first-order valence-corrected chi connectivity index (χ1v) is 6.38. The van der Waals surface area contributed by atoms with Crippen LogP contribution in [0.2, 0.25) is 0 Å². The molecule has 0 aliphatic heterocycles. The maximum absolute atomic E-state index is 11.0. The molecule has 7 heteroatoms. The Kier molecular flexibility index (Phi) is 4.19. The molecule has 0 saturated carbocycles. The molecule has 0 amide bonds. The van der Waals surface area contributed by atoms with Crippen molar-refractivity contribution in [3.8, 4) is 0 Å². The molecule has 2 rings (SSSR count). The average molecular weight is 275 g/mol. The van der Waals surface area contributed by atoms with Gasteiger partial charge in [0.2, 0.25) is 0 Å². The number of aryl methyl sites for hydroxylation is 1. The van der Waals surface area contributed by atoms with Crippen LogP contribution < -0.4 is 10.6 Å². The fraction of sp³-hybridized carbons (Fsp3) is 0.308. The molecule has 0 spiro atoms. The summed E-state index contributed by atoms with van der Waals surface area (Å²) >= 11 is 0. The van der Waals surface area contributed by atoms with Gasteiger partial charge in [-0.25, -0.2) is 0 Å². The number of nitrogens with zero attached hydrogens (tertiary/aromatic N) is 3. The van der Waals surface area contributed by atoms with Gasteiger partial charge in [-0.05, 0) is 12.5 Å². The van der Waals surface area contributed by atoms with Gasteiger partial charge >= 0.3 is 0 Å². The predicted octanol–water partition coefficient (Wildman–Crippen LogP) is 2.89. The summed E-state index contributed by atoms with van der Waals surface area (Å²) in [6, 6.07) is 6.65. The van der Waals surface area contributed by atoms with Crippen LogP contribution in [0, 0.1) is 10.1 Å². The number of nitro benzene ring substituents is 1. The molecule has 7 nitrogen and oxygen atoms in total. The van der Waals surface area contributed by atoms with Crippen LogP contribution in [0.25, 0.3) is 0 Å². The monoisotopic (exact) mass is 275 g/mol. The van der Waals surface area contributed by atoms with Crippen LogP contribution in [0.15, 0.2) is 30.5 Å². The van der Waals surface area contributed by atoms with E-state index < -0.39 is 4.92 Å². The Balaban J connectivity index is 2.26. The Hall–Kier alpha value is -2.57. The van der Waals surface area contributed by atoms with Crippen LogP contribution >= 0.6 is 0 Å². The zero-order valence-electron chi connectivity index (χ0n) is 11.5. The van der Waals surface area contributed by atoms with Gasteiger partial charge in [-0.3, -0.25) is 14.8 Å². The standard InChI is InChI=1S/C13H17N5O2/c1-3-5-14-10-7-11(9-12(8-10)18(19)20)15-13-4-6-17(2)16-13/h4,6-9,14H,3,5H2,1-2H3,(H,15,16). The molecule has 0 fully saturated rings. The van der Waals surface area contributed by atoms with Gasteiger partial charge in [0.25, 0.3) is 5.69 Å². The van der Waals surface area contributed by atoms with Gasteiger partial charge in [0, 0.05) is 49.4 Å². The van der Waals surface area contributed by atoms with Crippen LogP contribution in [0.4, 0.5) is 22.9 Å². The van der Waals surface area contributed by atoms with E-state index in [0.717, 1.165) is 18.7 Å². The van der Waals surface area contributed by atoms with E-state index in [1.54, 1.807) is 16.9 Å². The number of anilines is 3. The molecular formula is C13H17N5O2. The number of rotatable bonds is 6. The summed E-state index contributed by atoms with van der Waals surface area (Å²) in [6.07, 6.45) is 2.75. The van der Waals surface area contributed by atoms with Crippen molar-refractivity contribution in [3.05, 3.63) is 40.6 Å². The third kappa shape index (κ3) is 3.47. The molecule has 2 N–H and O–H groups in total. The molecule has 0 aliphatic carbocycles. The highest BCUT2D eigenvalue weighted by Crippen LogP contribution is 2.26. The predicted molar refractivity (Wildman–Crippen MR) is 78.4 cm³/mol. The van der Waals surface area contributed by atoms with Gasteiger partial charge in [0.1, 0.15) is 0 Å². The normalized spacial score (nSPS) is 10.3. The van der Waals surface area contributed by atoms with Crippen molar-refractivity contribution in [2.45, 2.75) is 13.3 Å². The molecule has 0 aliphatic rings. The van der Waals surface area contributed by atoms with E-state index in [-0.39, 0.29) is 5.69 Å². The first kappa shape index (κ1) is 13.9. The lowest BCUT2D eigenvalue weighted by molar-refractivity contribution is -0.384. The number of nitrogens with one attached hydrogen (secondary N) is 2. The van der Waals surface area contributed by atoms with Gasteiger partial charge in [0.15, 0.2) is 5.82 Å². The van der Waals surface area contributed by atoms with E-state index in [1.807, 2.05) is 20.0 Å². The third-order valence-corrected chi connectivity index (χ3v) is 2.69. The van der Waals surface area contributed by atoms with Crippen molar-refractivity contribution in [1.29, 1.82) is 0 Å². The molecule has 106 valence electrons. The highest BCUT2D eigenvalue weighted by molar-refractivity contribution is 5.67. The molecule has 2 aromatic rings. The van der Waals surface area contributed by atoms with Crippen molar-refractivity contribution in [1.82, 2.24) is 9.78 Å². The Morgan fingerprint density at radius 2 is 2.10 bits per heavy atom. The summed E-state index contributed by atoms with van der Waals surface area (Å²) in [5, 5.41) is 21.4. The minimum Gasteiger partial charge on any atom is -0.385 e. The third-order valence-electron chi connectivity index (χ3n) is 2.69. The first-order chi connectivity index (χ1) is 9.58. The summed E-state index contributed by atoms with van der Waals surface area (Å²) < 4.78 is 1.66. The molecule has 0 radical (unpaired) electrons. The van der Waals surface area contributed by atoms with E-state index in [1.165, 1.54) is 12.1 Å². The van der Waals surface area contributed by atoms with Crippen molar-refractivity contribution < 1.29 is 4.92 Å². The molecular weight excluding hydrogens is 258 g/mol. The first-order valence-electron chi connectivity index (χ1n) is 6.38. The van der Waals surface area contributed by atoms with E-state index in [9.17, 15) is 10.1 Å². The number of non-ortho nitro benzene ring substituents is 1. The SMILES string of the molecule is CCCNc1cc(Nc2ccn(C)n2)cc([N+](=O)[O-])c1. The Morgan fingerprint density at radius 3 is 2.70 bits per heavy atom. The Labute approximate surface area is 116 Å². The summed E-state index contributed by atoms with van der Waals surface area (Å²) in [6.45, 7) is 2.81. The number of hydrogen-bond acceptors (Lipinski definition) is 5. The van der Waals surface area contributed by atoms with E-state index in [2.05, 4.69) is 15.7 Å². The van der Waals surface area contributed by atoms with E-state index in [4.69, 9.17) is 0 Å². The highest BCUT2D eigenvalue weighted by atomic mass is 16.6. The van der Waals surface area contributed by atoms with Gasteiger partial charge < -0.3 is 10.6 Å². The zero-order valence-corrected chi connectivity index (χ0v) is 11.5. The number of nitro groups is 1. The molecule has 0 bridgehead atoms. The molecule has 20 heavy (non-hydrogen) atoms. The lowest BCUT2D eigenvalue weighted by Crippen LogP contribution is -2.02. The molecule has 0 unspecified atom stereocenters. The lowest BCUT2D eigenvalue weighted by atomic mass is 10.2. The maximum atomic E-state index is 11.0. The van der Waals surface area contributed by atoms with Crippen molar-refractivity contribution in [2.75, 3.05) is 17.2 Å². The molecule has 1 aromatic carbocycles. The summed E-state index contributed by atoms with van der Waals surface area (Å²) in [5.74, 6) is 0.648. The second-order valence-electron chi connectivity index (χ2n) is 4.45. The van der Waals surface area contributed by atoms with Gasteiger partial charge in [-0.2, -0.15) is 5.10 Å². The summed E-state index contributed by atoms with van der Waals surface area (Å²) in [5.41, 5.74) is 1.40. The van der Waals surface area contributed by atoms with Crippen LogP contribution in [0.1, 0.15) is 13.3 Å². The molecule has 0 atom stereocenters. The second-order valence-corrected chi connectivity index (χ2v) is 4.45. The smallest absolute Gasteiger partial charge is 0.273 e. The largest absolute Gasteiger partial charge is 0.385 e. The topological polar surface area (TPSA) is 85.0 Å². The molecule has 0 saturated heterocycles. The molecule has 1 heterocycles. The Bertz CT molecular complexity index is 609.